The number of pyridine rings is 1. The number of benzene rings is 1. The van der Waals surface area contributed by atoms with Crippen LogP contribution in [0.1, 0.15) is 5.56 Å². The van der Waals surface area contributed by atoms with Crippen LogP contribution in [0, 0.1) is 13.8 Å². The van der Waals surface area contributed by atoms with Gasteiger partial charge in [0, 0.05) is 24.6 Å². The summed E-state index contributed by atoms with van der Waals surface area (Å²) in [6.45, 7) is 6.59. The van der Waals surface area contributed by atoms with Crippen molar-refractivity contribution in [2.45, 2.75) is 6.92 Å². The van der Waals surface area contributed by atoms with E-state index < -0.39 is 0 Å². The first-order chi connectivity index (χ1) is 7.81. The van der Waals surface area contributed by atoms with Crippen LogP contribution in [0.5, 0.6) is 0 Å². The van der Waals surface area contributed by atoms with Gasteiger partial charge in [-0.25, -0.2) is 0 Å². The highest BCUT2D eigenvalue weighted by atomic mass is 14.8. The second kappa shape index (κ2) is 4.79. The minimum Gasteiger partial charge on any atom is -0.385 e. The van der Waals surface area contributed by atoms with E-state index in [1.54, 1.807) is 0 Å². The molecule has 2 heteroatoms. The van der Waals surface area contributed by atoms with Gasteiger partial charge in [0.1, 0.15) is 0 Å². The number of nitrogens with zero attached hydrogens (tertiary/aromatic N) is 1. The maximum absolute atomic E-state index is 4.03. The summed E-state index contributed by atoms with van der Waals surface area (Å²) in [5.41, 5.74) is 4.82. The standard InChI is InChI=1S/C14H15N2/c1-3-16-13-4-5-14(11(2)10-13)12-6-8-15-9-7-12/h4-10,16H,1,3H2,2H3. The van der Waals surface area contributed by atoms with Crippen molar-refractivity contribution in [1.82, 2.24) is 4.98 Å². The van der Waals surface area contributed by atoms with Gasteiger partial charge in [-0.05, 0) is 54.8 Å². The van der Waals surface area contributed by atoms with Crippen LogP contribution in [-0.2, 0) is 0 Å². The molecule has 0 fully saturated rings. The third-order valence-electron chi connectivity index (χ3n) is 2.55. The molecule has 0 aliphatic heterocycles. The predicted octanol–water partition coefficient (Wildman–Crippen LogP) is 3.30. The van der Waals surface area contributed by atoms with Crippen LogP contribution < -0.4 is 5.32 Å². The van der Waals surface area contributed by atoms with Gasteiger partial charge < -0.3 is 5.32 Å². The largest absolute Gasteiger partial charge is 0.385 e. The van der Waals surface area contributed by atoms with Gasteiger partial charge in [0.2, 0.25) is 0 Å². The molecule has 2 aromatic rings. The number of aromatic nitrogens is 1. The lowest BCUT2D eigenvalue weighted by atomic mass is 10.0. The summed E-state index contributed by atoms with van der Waals surface area (Å²) in [5.74, 6) is 0. The first-order valence-corrected chi connectivity index (χ1v) is 5.35. The van der Waals surface area contributed by atoms with E-state index >= 15 is 0 Å². The Morgan fingerprint density at radius 2 is 1.94 bits per heavy atom. The topological polar surface area (TPSA) is 24.9 Å². The molecule has 16 heavy (non-hydrogen) atoms. The van der Waals surface area contributed by atoms with Crippen LogP contribution in [0.4, 0.5) is 5.69 Å². The molecule has 0 saturated carbocycles. The van der Waals surface area contributed by atoms with Crippen LogP contribution in [0.25, 0.3) is 11.1 Å². The molecular weight excluding hydrogens is 196 g/mol. The molecule has 0 bridgehead atoms. The summed E-state index contributed by atoms with van der Waals surface area (Å²) in [5, 5.41) is 3.20. The second-order valence-corrected chi connectivity index (χ2v) is 3.69. The van der Waals surface area contributed by atoms with Crippen LogP contribution in [0.2, 0.25) is 0 Å². The lowest BCUT2D eigenvalue weighted by molar-refractivity contribution is 1.31. The number of aryl methyl sites for hydroxylation is 1. The zero-order valence-electron chi connectivity index (χ0n) is 9.40. The fourth-order valence-corrected chi connectivity index (χ4v) is 1.77. The van der Waals surface area contributed by atoms with Crippen molar-refractivity contribution in [2.75, 3.05) is 11.9 Å². The van der Waals surface area contributed by atoms with Crippen molar-refractivity contribution in [3.05, 3.63) is 55.2 Å². The molecule has 0 aliphatic rings. The average molecular weight is 211 g/mol. The Bertz CT molecular complexity index is 463. The quantitative estimate of drug-likeness (QED) is 0.842. The van der Waals surface area contributed by atoms with Crippen LogP contribution >= 0.6 is 0 Å². The molecule has 0 spiro atoms. The Balaban J connectivity index is 2.37. The first kappa shape index (κ1) is 10.7. The smallest absolute Gasteiger partial charge is 0.0343 e. The Kier molecular flexibility index (Phi) is 3.20. The van der Waals surface area contributed by atoms with Crippen molar-refractivity contribution in [3.8, 4) is 11.1 Å². The Morgan fingerprint density at radius 3 is 2.56 bits per heavy atom. The predicted molar refractivity (Wildman–Crippen MR) is 68.3 cm³/mol. The molecule has 1 aromatic heterocycles. The third-order valence-corrected chi connectivity index (χ3v) is 2.55. The molecule has 0 unspecified atom stereocenters. The molecule has 1 N–H and O–H groups in total. The number of anilines is 1. The summed E-state index contributed by atoms with van der Waals surface area (Å²) < 4.78 is 0. The minimum absolute atomic E-state index is 0.702. The highest BCUT2D eigenvalue weighted by Gasteiger charge is 2.01. The average Bonchev–Trinajstić information content (AvgIpc) is 2.31. The summed E-state index contributed by atoms with van der Waals surface area (Å²) in [6.07, 6.45) is 3.63. The van der Waals surface area contributed by atoms with Crippen molar-refractivity contribution >= 4 is 5.69 Å². The van der Waals surface area contributed by atoms with E-state index in [2.05, 4.69) is 42.3 Å². The van der Waals surface area contributed by atoms with Crippen LogP contribution in [0.15, 0.2) is 42.7 Å². The van der Waals surface area contributed by atoms with Crippen molar-refractivity contribution < 1.29 is 0 Å². The molecule has 0 aliphatic carbocycles. The summed E-state index contributed by atoms with van der Waals surface area (Å²) in [6, 6.07) is 10.4. The fraction of sp³-hybridized carbons (Fsp3) is 0.143. The van der Waals surface area contributed by atoms with E-state index in [1.807, 2.05) is 24.5 Å². The van der Waals surface area contributed by atoms with Crippen LogP contribution in [0.3, 0.4) is 0 Å². The molecular formula is C14H15N2. The highest BCUT2D eigenvalue weighted by Crippen LogP contribution is 2.25. The zero-order valence-corrected chi connectivity index (χ0v) is 9.40. The molecule has 0 amide bonds. The molecule has 1 aromatic carbocycles. The molecule has 2 nitrogen and oxygen atoms in total. The van der Waals surface area contributed by atoms with E-state index in [9.17, 15) is 0 Å². The van der Waals surface area contributed by atoms with Crippen molar-refractivity contribution in [3.63, 3.8) is 0 Å². The van der Waals surface area contributed by atoms with E-state index in [0.717, 1.165) is 5.69 Å². The third kappa shape index (κ3) is 2.22. The van der Waals surface area contributed by atoms with Crippen molar-refractivity contribution in [1.29, 1.82) is 0 Å². The lowest BCUT2D eigenvalue weighted by Crippen LogP contribution is -1.97. The van der Waals surface area contributed by atoms with Gasteiger partial charge in [-0.15, -0.1) is 0 Å². The molecule has 1 heterocycles. The number of hydrogen-bond donors (Lipinski definition) is 1. The van der Waals surface area contributed by atoms with Gasteiger partial charge in [-0.1, -0.05) is 6.07 Å². The van der Waals surface area contributed by atoms with Gasteiger partial charge in [0.15, 0.2) is 0 Å². The lowest BCUT2D eigenvalue weighted by Gasteiger charge is -2.09. The van der Waals surface area contributed by atoms with Gasteiger partial charge in [-0.3, -0.25) is 4.98 Å². The first-order valence-electron chi connectivity index (χ1n) is 5.35. The van der Waals surface area contributed by atoms with E-state index in [1.165, 1.54) is 16.7 Å². The molecule has 81 valence electrons. The SMILES string of the molecule is [CH2]CNc1ccc(-c2ccncc2)c(C)c1. The Morgan fingerprint density at radius 1 is 1.19 bits per heavy atom. The summed E-state index contributed by atoms with van der Waals surface area (Å²) in [4.78, 5) is 4.03. The van der Waals surface area contributed by atoms with Crippen molar-refractivity contribution in [2.24, 2.45) is 0 Å². The summed E-state index contributed by atoms with van der Waals surface area (Å²) >= 11 is 0. The Labute approximate surface area is 96.4 Å². The fourth-order valence-electron chi connectivity index (χ4n) is 1.77. The zero-order chi connectivity index (χ0) is 11.4. The highest BCUT2D eigenvalue weighted by molar-refractivity contribution is 5.69. The van der Waals surface area contributed by atoms with E-state index in [4.69, 9.17) is 0 Å². The monoisotopic (exact) mass is 211 g/mol. The molecule has 0 saturated heterocycles. The molecule has 2 rings (SSSR count). The Hall–Kier alpha value is -1.83. The van der Waals surface area contributed by atoms with Gasteiger partial charge in [-0.2, -0.15) is 0 Å². The number of rotatable bonds is 3. The van der Waals surface area contributed by atoms with Gasteiger partial charge in [0.25, 0.3) is 0 Å². The molecule has 0 atom stereocenters. The molecule has 1 radical (unpaired) electrons. The summed E-state index contributed by atoms with van der Waals surface area (Å²) in [7, 11) is 0. The minimum atomic E-state index is 0.702. The second-order valence-electron chi connectivity index (χ2n) is 3.69. The number of hydrogen-bond acceptors (Lipinski definition) is 2. The normalized spacial score (nSPS) is 10.1. The van der Waals surface area contributed by atoms with Crippen LogP contribution in [-0.4, -0.2) is 11.5 Å². The maximum atomic E-state index is 4.03. The number of nitrogens with one attached hydrogen (secondary N) is 1. The van der Waals surface area contributed by atoms with Gasteiger partial charge >= 0.3 is 0 Å². The van der Waals surface area contributed by atoms with E-state index in [0.29, 0.717) is 6.54 Å². The maximum Gasteiger partial charge on any atom is 0.0343 e. The van der Waals surface area contributed by atoms with Gasteiger partial charge in [0.05, 0.1) is 0 Å². The van der Waals surface area contributed by atoms with E-state index in [-0.39, 0.29) is 0 Å².